The summed E-state index contributed by atoms with van der Waals surface area (Å²) >= 11 is 0. The van der Waals surface area contributed by atoms with Gasteiger partial charge in [0.25, 0.3) is 0 Å². The number of sulfone groups is 1. The minimum Gasteiger partial charge on any atom is -0.353 e. The predicted molar refractivity (Wildman–Crippen MR) is 63.3 cm³/mol. The third kappa shape index (κ3) is 3.71. The zero-order valence-corrected chi connectivity index (χ0v) is 11.0. The molecule has 1 saturated heterocycles. The highest BCUT2D eigenvalue weighted by Crippen LogP contribution is 2.19. The molecule has 1 fully saturated rings. The molecule has 0 unspecified atom stereocenters. The highest BCUT2D eigenvalue weighted by Gasteiger charge is 2.23. The van der Waals surface area contributed by atoms with Gasteiger partial charge in [-0.3, -0.25) is 0 Å². The Hall–Kier alpha value is -1.05. The van der Waals surface area contributed by atoms with Gasteiger partial charge in [-0.15, -0.1) is 0 Å². The van der Waals surface area contributed by atoms with Gasteiger partial charge in [0.15, 0.2) is 16.1 Å². The smallest absolute Gasteiger partial charge is 0.181 e. The van der Waals surface area contributed by atoms with Gasteiger partial charge in [-0.05, 0) is 24.6 Å². The zero-order valence-electron chi connectivity index (χ0n) is 10.1. The van der Waals surface area contributed by atoms with Crippen molar-refractivity contribution >= 4 is 9.84 Å². The number of halogens is 2. The molecule has 1 aromatic carbocycles. The average Bonchev–Trinajstić information content (AvgIpc) is 2.40. The Morgan fingerprint density at radius 2 is 1.89 bits per heavy atom. The molecule has 0 spiro atoms. The molecule has 1 aromatic rings. The van der Waals surface area contributed by atoms with Crippen molar-refractivity contribution in [2.24, 2.45) is 0 Å². The summed E-state index contributed by atoms with van der Waals surface area (Å²) in [6.45, 7) is 1.03. The number of hydrogen-bond donors (Lipinski definition) is 0. The van der Waals surface area contributed by atoms with Crippen molar-refractivity contribution in [2.45, 2.75) is 24.0 Å². The van der Waals surface area contributed by atoms with E-state index in [0.717, 1.165) is 18.6 Å². The van der Waals surface area contributed by atoms with Crippen molar-refractivity contribution in [3.63, 3.8) is 0 Å². The van der Waals surface area contributed by atoms with Crippen molar-refractivity contribution < 1.29 is 26.7 Å². The van der Waals surface area contributed by atoms with Gasteiger partial charge in [0, 0.05) is 6.42 Å². The summed E-state index contributed by atoms with van der Waals surface area (Å²) in [5.41, 5.74) is 0. The summed E-state index contributed by atoms with van der Waals surface area (Å²) in [7, 11) is -3.89. The molecule has 1 aliphatic rings. The quantitative estimate of drug-likeness (QED) is 0.850. The molecule has 106 valence electrons. The fourth-order valence-electron chi connectivity index (χ4n) is 1.78. The van der Waals surface area contributed by atoms with E-state index in [1.807, 2.05) is 0 Å². The van der Waals surface area contributed by atoms with Gasteiger partial charge in [-0.2, -0.15) is 0 Å². The molecule has 4 nitrogen and oxygen atoms in total. The van der Waals surface area contributed by atoms with Gasteiger partial charge in [0.05, 0.1) is 19.0 Å². The van der Waals surface area contributed by atoms with Crippen LogP contribution in [-0.4, -0.2) is 33.7 Å². The van der Waals surface area contributed by atoms with Gasteiger partial charge in [-0.1, -0.05) is 0 Å². The first-order valence-electron chi connectivity index (χ1n) is 5.90. The molecule has 1 aliphatic heterocycles. The Morgan fingerprint density at radius 1 is 1.21 bits per heavy atom. The SMILES string of the molecule is O=S(=O)(CCC1OCCCO1)c1cc(F)ccc1F. The zero-order chi connectivity index (χ0) is 13.9. The van der Waals surface area contributed by atoms with Crippen molar-refractivity contribution in [2.75, 3.05) is 19.0 Å². The Bertz CT molecular complexity index is 539. The van der Waals surface area contributed by atoms with E-state index in [1.54, 1.807) is 0 Å². The van der Waals surface area contributed by atoms with E-state index in [4.69, 9.17) is 9.47 Å². The first-order valence-corrected chi connectivity index (χ1v) is 7.55. The van der Waals surface area contributed by atoms with E-state index in [-0.39, 0.29) is 12.2 Å². The summed E-state index contributed by atoms with van der Waals surface area (Å²) < 4.78 is 60.7. The van der Waals surface area contributed by atoms with Crippen LogP contribution in [0, 0.1) is 11.6 Å². The molecule has 1 heterocycles. The van der Waals surface area contributed by atoms with Crippen LogP contribution in [0.25, 0.3) is 0 Å². The van der Waals surface area contributed by atoms with E-state index < -0.39 is 32.7 Å². The van der Waals surface area contributed by atoms with Crippen LogP contribution >= 0.6 is 0 Å². The van der Waals surface area contributed by atoms with Crippen molar-refractivity contribution in [1.29, 1.82) is 0 Å². The Kier molecular flexibility index (Phi) is 4.49. The third-order valence-electron chi connectivity index (χ3n) is 2.75. The number of rotatable bonds is 4. The lowest BCUT2D eigenvalue weighted by molar-refractivity contribution is -0.178. The molecule has 0 aromatic heterocycles. The van der Waals surface area contributed by atoms with Gasteiger partial charge in [0.1, 0.15) is 16.5 Å². The molecule has 0 aliphatic carbocycles. The van der Waals surface area contributed by atoms with Crippen LogP contribution in [0.3, 0.4) is 0 Å². The molecule has 0 amide bonds. The minimum absolute atomic E-state index is 0.0955. The number of hydrogen-bond acceptors (Lipinski definition) is 4. The molecule has 0 saturated carbocycles. The Morgan fingerprint density at radius 3 is 2.58 bits per heavy atom. The maximum absolute atomic E-state index is 13.4. The van der Waals surface area contributed by atoms with Crippen LogP contribution in [0.4, 0.5) is 8.78 Å². The maximum Gasteiger partial charge on any atom is 0.181 e. The molecular weight excluding hydrogens is 278 g/mol. The van der Waals surface area contributed by atoms with Crippen LogP contribution in [-0.2, 0) is 19.3 Å². The lowest BCUT2D eigenvalue weighted by Crippen LogP contribution is -2.27. The standard InChI is InChI=1S/C12H14F2O4S/c13-9-2-3-10(14)11(8-9)19(15,16)7-4-12-17-5-1-6-18-12/h2-3,8,12H,1,4-7H2. The van der Waals surface area contributed by atoms with Gasteiger partial charge in [0.2, 0.25) is 0 Å². The minimum atomic E-state index is -3.89. The highest BCUT2D eigenvalue weighted by molar-refractivity contribution is 7.91. The van der Waals surface area contributed by atoms with Crippen molar-refractivity contribution in [3.8, 4) is 0 Å². The van der Waals surface area contributed by atoms with Crippen LogP contribution in [0.2, 0.25) is 0 Å². The molecule has 0 N–H and O–H groups in total. The maximum atomic E-state index is 13.4. The van der Waals surface area contributed by atoms with Crippen LogP contribution in [0.5, 0.6) is 0 Å². The molecule has 19 heavy (non-hydrogen) atoms. The molecule has 7 heteroatoms. The first-order chi connectivity index (χ1) is 8.99. The summed E-state index contributed by atoms with van der Waals surface area (Å²) in [6, 6.07) is 2.37. The lowest BCUT2D eigenvalue weighted by Gasteiger charge is -2.22. The third-order valence-corrected chi connectivity index (χ3v) is 4.50. The molecule has 0 bridgehead atoms. The van der Waals surface area contributed by atoms with E-state index in [1.165, 1.54) is 0 Å². The molecule has 2 rings (SSSR count). The predicted octanol–water partition coefficient (Wildman–Crippen LogP) is 1.89. The molecule has 0 atom stereocenters. The van der Waals surface area contributed by atoms with Gasteiger partial charge in [-0.25, -0.2) is 17.2 Å². The fraction of sp³-hybridized carbons (Fsp3) is 0.500. The van der Waals surface area contributed by atoms with Crippen LogP contribution < -0.4 is 0 Å². The number of ether oxygens (including phenoxy) is 2. The van der Waals surface area contributed by atoms with E-state index in [9.17, 15) is 17.2 Å². The summed E-state index contributed by atoms with van der Waals surface area (Å²) in [5.74, 6) is -2.09. The second kappa shape index (κ2) is 5.94. The molecular formula is C12H14F2O4S. The van der Waals surface area contributed by atoms with E-state index in [0.29, 0.717) is 19.3 Å². The summed E-state index contributed by atoms with van der Waals surface area (Å²) in [6.07, 6.45) is 0.264. The normalized spacial score (nSPS) is 17.6. The first kappa shape index (κ1) is 14.4. The Balaban J connectivity index is 2.07. The van der Waals surface area contributed by atoms with Gasteiger partial charge < -0.3 is 9.47 Å². The van der Waals surface area contributed by atoms with Crippen LogP contribution in [0.1, 0.15) is 12.8 Å². The fourth-order valence-corrected chi connectivity index (χ4v) is 3.16. The van der Waals surface area contributed by atoms with Gasteiger partial charge >= 0.3 is 0 Å². The summed E-state index contributed by atoms with van der Waals surface area (Å²) in [5, 5.41) is 0. The topological polar surface area (TPSA) is 52.6 Å². The lowest BCUT2D eigenvalue weighted by atomic mass is 10.3. The molecule has 0 radical (unpaired) electrons. The monoisotopic (exact) mass is 292 g/mol. The second-order valence-electron chi connectivity index (χ2n) is 4.21. The highest BCUT2D eigenvalue weighted by atomic mass is 32.2. The second-order valence-corrected chi connectivity index (χ2v) is 6.28. The van der Waals surface area contributed by atoms with Crippen molar-refractivity contribution in [1.82, 2.24) is 0 Å². The van der Waals surface area contributed by atoms with E-state index in [2.05, 4.69) is 0 Å². The largest absolute Gasteiger partial charge is 0.353 e. The summed E-state index contributed by atoms with van der Waals surface area (Å²) in [4.78, 5) is -0.622. The number of benzene rings is 1. The Labute approximate surface area is 110 Å². The van der Waals surface area contributed by atoms with Crippen LogP contribution in [0.15, 0.2) is 23.1 Å². The van der Waals surface area contributed by atoms with Crippen molar-refractivity contribution in [3.05, 3.63) is 29.8 Å². The average molecular weight is 292 g/mol. The van der Waals surface area contributed by atoms with E-state index >= 15 is 0 Å².